The lowest BCUT2D eigenvalue weighted by molar-refractivity contribution is 0.303. The summed E-state index contributed by atoms with van der Waals surface area (Å²) in [6, 6.07) is 21.3. The van der Waals surface area contributed by atoms with Crippen molar-refractivity contribution in [1.82, 2.24) is 0 Å². The highest BCUT2D eigenvalue weighted by atomic mass is 16.5. The first-order valence-electron chi connectivity index (χ1n) is 8.92. The zero-order valence-electron chi connectivity index (χ0n) is 14.9. The lowest BCUT2D eigenvalue weighted by Gasteiger charge is -2.25. The number of hydrogen-bond donors (Lipinski definition) is 2. The van der Waals surface area contributed by atoms with Crippen molar-refractivity contribution >= 4 is 10.8 Å². The molecule has 0 aromatic heterocycles. The number of ether oxygens (including phenoxy) is 1. The Morgan fingerprint density at radius 2 is 1.52 bits per heavy atom. The lowest BCUT2D eigenvalue weighted by atomic mass is 9.88. The standard InChI is InChI=1S/C24H18O3/c1-14-2-4-15(5-3-14)23-21-12-19(26)7-6-16(21)11-22-20-9-8-18(25)10-17(20)13-27-24(22)23/h2-12,25-26H,13H2,1H3. The summed E-state index contributed by atoms with van der Waals surface area (Å²) in [6.45, 7) is 2.47. The molecule has 132 valence electrons. The maximum absolute atomic E-state index is 10.1. The molecular weight excluding hydrogens is 336 g/mol. The van der Waals surface area contributed by atoms with Crippen LogP contribution in [0.25, 0.3) is 33.0 Å². The van der Waals surface area contributed by atoms with Gasteiger partial charge in [-0.2, -0.15) is 0 Å². The smallest absolute Gasteiger partial charge is 0.136 e. The van der Waals surface area contributed by atoms with Gasteiger partial charge in [0.05, 0.1) is 0 Å². The van der Waals surface area contributed by atoms with Crippen LogP contribution in [0, 0.1) is 6.92 Å². The van der Waals surface area contributed by atoms with Gasteiger partial charge in [-0.25, -0.2) is 0 Å². The maximum atomic E-state index is 10.1. The summed E-state index contributed by atoms with van der Waals surface area (Å²) in [5, 5.41) is 21.9. The molecule has 3 nitrogen and oxygen atoms in total. The van der Waals surface area contributed by atoms with Gasteiger partial charge in [0.25, 0.3) is 0 Å². The second-order valence-electron chi connectivity index (χ2n) is 7.03. The topological polar surface area (TPSA) is 49.7 Å². The first kappa shape index (κ1) is 15.8. The zero-order valence-corrected chi connectivity index (χ0v) is 14.9. The minimum absolute atomic E-state index is 0.233. The zero-order chi connectivity index (χ0) is 18.5. The second-order valence-corrected chi connectivity index (χ2v) is 7.03. The Labute approximate surface area is 157 Å². The predicted molar refractivity (Wildman–Crippen MR) is 107 cm³/mol. The van der Waals surface area contributed by atoms with Crippen molar-refractivity contribution in [3.05, 3.63) is 77.9 Å². The molecule has 0 spiro atoms. The number of phenolic OH excluding ortho intramolecular Hbond substituents is 2. The summed E-state index contributed by atoms with van der Waals surface area (Å²) in [5.74, 6) is 1.29. The molecule has 0 amide bonds. The molecule has 0 saturated carbocycles. The molecule has 0 saturated heterocycles. The summed E-state index contributed by atoms with van der Waals surface area (Å²) in [5.41, 5.74) is 6.27. The number of aryl methyl sites for hydroxylation is 1. The van der Waals surface area contributed by atoms with Crippen LogP contribution in [0.5, 0.6) is 17.2 Å². The summed E-state index contributed by atoms with van der Waals surface area (Å²) >= 11 is 0. The van der Waals surface area contributed by atoms with Crippen LogP contribution in [-0.2, 0) is 6.61 Å². The van der Waals surface area contributed by atoms with E-state index in [-0.39, 0.29) is 11.5 Å². The minimum Gasteiger partial charge on any atom is -0.508 e. The third kappa shape index (κ3) is 2.51. The van der Waals surface area contributed by atoms with Crippen molar-refractivity contribution in [2.75, 3.05) is 0 Å². The van der Waals surface area contributed by atoms with Crippen LogP contribution in [0.15, 0.2) is 66.7 Å². The van der Waals surface area contributed by atoms with Crippen molar-refractivity contribution in [1.29, 1.82) is 0 Å². The SMILES string of the molecule is Cc1ccc(-c2c3c(cc4ccc(O)cc24)-c2ccc(O)cc2CO3)cc1. The molecule has 0 bridgehead atoms. The molecule has 1 aliphatic rings. The van der Waals surface area contributed by atoms with Gasteiger partial charge < -0.3 is 14.9 Å². The van der Waals surface area contributed by atoms with Crippen LogP contribution < -0.4 is 4.74 Å². The number of benzene rings is 4. The second kappa shape index (κ2) is 5.78. The van der Waals surface area contributed by atoms with Gasteiger partial charge in [-0.1, -0.05) is 42.0 Å². The fraction of sp³-hybridized carbons (Fsp3) is 0.0833. The number of aromatic hydroxyl groups is 2. The molecule has 1 aliphatic heterocycles. The average Bonchev–Trinajstić information content (AvgIpc) is 2.67. The van der Waals surface area contributed by atoms with E-state index < -0.39 is 0 Å². The van der Waals surface area contributed by atoms with E-state index in [9.17, 15) is 10.2 Å². The molecule has 4 aromatic carbocycles. The molecular formula is C24H18O3. The van der Waals surface area contributed by atoms with E-state index >= 15 is 0 Å². The predicted octanol–water partition coefficient (Wildman–Crippen LogP) is 5.79. The maximum Gasteiger partial charge on any atom is 0.136 e. The fourth-order valence-electron chi connectivity index (χ4n) is 3.83. The Bertz CT molecular complexity index is 1190. The van der Waals surface area contributed by atoms with Crippen molar-refractivity contribution in [3.8, 4) is 39.5 Å². The third-order valence-electron chi connectivity index (χ3n) is 5.17. The van der Waals surface area contributed by atoms with E-state index in [1.807, 2.05) is 12.1 Å². The summed E-state index contributed by atoms with van der Waals surface area (Å²) in [4.78, 5) is 0. The molecule has 0 aliphatic carbocycles. The van der Waals surface area contributed by atoms with Crippen LogP contribution in [0.1, 0.15) is 11.1 Å². The molecule has 27 heavy (non-hydrogen) atoms. The normalized spacial score (nSPS) is 12.3. The van der Waals surface area contributed by atoms with Crippen LogP contribution >= 0.6 is 0 Å². The van der Waals surface area contributed by atoms with Gasteiger partial charge in [0.15, 0.2) is 0 Å². The number of phenols is 2. The Morgan fingerprint density at radius 1 is 0.778 bits per heavy atom. The quantitative estimate of drug-likeness (QED) is 0.455. The van der Waals surface area contributed by atoms with E-state index in [2.05, 4.69) is 37.3 Å². The highest BCUT2D eigenvalue weighted by Gasteiger charge is 2.24. The lowest BCUT2D eigenvalue weighted by Crippen LogP contribution is -2.07. The van der Waals surface area contributed by atoms with E-state index in [1.165, 1.54) is 5.56 Å². The molecule has 0 unspecified atom stereocenters. The Hall–Kier alpha value is -3.46. The molecule has 5 rings (SSSR count). The van der Waals surface area contributed by atoms with E-state index in [1.54, 1.807) is 24.3 Å². The van der Waals surface area contributed by atoms with Crippen molar-refractivity contribution in [2.45, 2.75) is 13.5 Å². The molecule has 1 heterocycles. The highest BCUT2D eigenvalue weighted by molar-refractivity contribution is 6.05. The summed E-state index contributed by atoms with van der Waals surface area (Å²) in [6.07, 6.45) is 0. The largest absolute Gasteiger partial charge is 0.508 e. The third-order valence-corrected chi connectivity index (χ3v) is 5.17. The summed E-state index contributed by atoms with van der Waals surface area (Å²) < 4.78 is 6.18. The Balaban J connectivity index is 1.88. The van der Waals surface area contributed by atoms with E-state index in [4.69, 9.17) is 4.74 Å². The molecule has 0 atom stereocenters. The number of fused-ring (bicyclic) bond motifs is 4. The fourth-order valence-corrected chi connectivity index (χ4v) is 3.83. The van der Waals surface area contributed by atoms with Crippen molar-refractivity contribution < 1.29 is 14.9 Å². The Morgan fingerprint density at radius 3 is 2.33 bits per heavy atom. The van der Waals surface area contributed by atoms with E-state index in [0.717, 1.165) is 44.3 Å². The molecule has 0 fully saturated rings. The molecule has 2 N–H and O–H groups in total. The molecule has 4 aromatic rings. The van der Waals surface area contributed by atoms with E-state index in [0.29, 0.717) is 6.61 Å². The van der Waals surface area contributed by atoms with Crippen LogP contribution in [0.3, 0.4) is 0 Å². The van der Waals surface area contributed by atoms with Gasteiger partial charge in [0, 0.05) is 16.7 Å². The first-order chi connectivity index (χ1) is 13.1. The van der Waals surface area contributed by atoms with Crippen LogP contribution in [-0.4, -0.2) is 10.2 Å². The Kier molecular flexibility index (Phi) is 3.37. The summed E-state index contributed by atoms with van der Waals surface area (Å²) in [7, 11) is 0. The van der Waals surface area contributed by atoms with Gasteiger partial charge in [0.2, 0.25) is 0 Å². The molecule has 0 radical (unpaired) electrons. The average molecular weight is 354 g/mol. The number of rotatable bonds is 1. The van der Waals surface area contributed by atoms with Gasteiger partial charge in [0.1, 0.15) is 23.9 Å². The monoisotopic (exact) mass is 354 g/mol. The number of hydrogen-bond acceptors (Lipinski definition) is 3. The van der Waals surface area contributed by atoms with Gasteiger partial charge >= 0.3 is 0 Å². The van der Waals surface area contributed by atoms with Gasteiger partial charge in [-0.05, 0) is 59.2 Å². The highest BCUT2D eigenvalue weighted by Crippen LogP contribution is 2.48. The first-order valence-corrected chi connectivity index (χ1v) is 8.92. The van der Waals surface area contributed by atoms with Gasteiger partial charge in [-0.3, -0.25) is 0 Å². The van der Waals surface area contributed by atoms with Crippen molar-refractivity contribution in [2.24, 2.45) is 0 Å². The van der Waals surface area contributed by atoms with Crippen LogP contribution in [0.2, 0.25) is 0 Å². The molecule has 3 heteroatoms. The van der Waals surface area contributed by atoms with Gasteiger partial charge in [-0.15, -0.1) is 0 Å². The van der Waals surface area contributed by atoms with Crippen LogP contribution in [0.4, 0.5) is 0 Å². The minimum atomic E-state index is 0.233. The van der Waals surface area contributed by atoms with Crippen molar-refractivity contribution in [3.63, 3.8) is 0 Å².